The Labute approximate surface area is 104 Å². The zero-order valence-electron chi connectivity index (χ0n) is 7.25. The van der Waals surface area contributed by atoms with Gasteiger partial charge < -0.3 is 4.74 Å². The van der Waals surface area contributed by atoms with Crippen LogP contribution in [0.1, 0.15) is 0 Å². The maximum atomic E-state index is 11.9. The van der Waals surface area contributed by atoms with Gasteiger partial charge in [-0.25, -0.2) is 8.42 Å². The van der Waals surface area contributed by atoms with Gasteiger partial charge in [0.2, 0.25) is 0 Å². The molecule has 0 bridgehead atoms. The highest BCUT2D eigenvalue weighted by molar-refractivity contribution is 8.14. The second kappa shape index (κ2) is 4.91. The average molecular weight is 312 g/mol. The predicted octanol–water partition coefficient (Wildman–Crippen LogP) is 3.52. The highest BCUT2D eigenvalue weighted by atomic mass is 35.7. The fourth-order valence-corrected chi connectivity index (χ4v) is 3.28. The minimum Gasteiger partial charge on any atom is -0.433 e. The molecular formula is C7H3Cl3F2O3S. The van der Waals surface area contributed by atoms with E-state index in [1.807, 2.05) is 0 Å². The van der Waals surface area contributed by atoms with Gasteiger partial charge in [-0.15, -0.1) is 0 Å². The van der Waals surface area contributed by atoms with E-state index < -0.39 is 31.3 Å². The lowest BCUT2D eigenvalue weighted by atomic mass is 10.3. The molecule has 0 aliphatic carbocycles. The summed E-state index contributed by atoms with van der Waals surface area (Å²) in [5.74, 6) is -0.514. The van der Waals surface area contributed by atoms with Gasteiger partial charge in [-0.3, -0.25) is 0 Å². The molecule has 0 saturated heterocycles. The van der Waals surface area contributed by atoms with Gasteiger partial charge in [0, 0.05) is 10.7 Å². The van der Waals surface area contributed by atoms with Crippen molar-refractivity contribution in [3.63, 3.8) is 0 Å². The standard InChI is InChI=1S/C7H3Cl3F2O3S/c8-3-1-2-4(15-7(11)12)5(9)6(3)16(10,13)14/h1-2,7H. The molecule has 3 nitrogen and oxygen atoms in total. The van der Waals surface area contributed by atoms with Crippen LogP contribution in [0.4, 0.5) is 8.78 Å². The first-order valence-electron chi connectivity index (χ1n) is 3.61. The van der Waals surface area contributed by atoms with Crippen LogP contribution in [0.15, 0.2) is 17.0 Å². The Kier molecular flexibility index (Phi) is 4.23. The molecule has 9 heteroatoms. The summed E-state index contributed by atoms with van der Waals surface area (Å²) in [5.41, 5.74) is 0. The lowest BCUT2D eigenvalue weighted by Crippen LogP contribution is -2.04. The second-order valence-corrected chi connectivity index (χ2v) is 5.79. The second-order valence-electron chi connectivity index (χ2n) is 2.50. The number of rotatable bonds is 3. The molecule has 0 aliphatic rings. The van der Waals surface area contributed by atoms with Crippen LogP contribution >= 0.6 is 33.9 Å². The monoisotopic (exact) mass is 310 g/mol. The van der Waals surface area contributed by atoms with Crippen molar-refractivity contribution in [2.24, 2.45) is 0 Å². The van der Waals surface area contributed by atoms with Crippen LogP contribution in [-0.4, -0.2) is 15.0 Å². The molecule has 0 saturated carbocycles. The third-order valence-corrected chi connectivity index (χ3v) is 3.76. The zero-order valence-corrected chi connectivity index (χ0v) is 10.3. The fourth-order valence-electron chi connectivity index (χ4n) is 0.925. The Morgan fingerprint density at radius 1 is 1.25 bits per heavy atom. The largest absolute Gasteiger partial charge is 0.433 e. The van der Waals surface area contributed by atoms with E-state index >= 15 is 0 Å². The molecule has 0 unspecified atom stereocenters. The summed E-state index contributed by atoms with van der Waals surface area (Å²) >= 11 is 11.1. The highest BCUT2D eigenvalue weighted by Crippen LogP contribution is 2.38. The van der Waals surface area contributed by atoms with Crippen LogP contribution in [0, 0.1) is 0 Å². The molecule has 0 fully saturated rings. The third kappa shape index (κ3) is 3.10. The van der Waals surface area contributed by atoms with E-state index in [1.54, 1.807) is 0 Å². The van der Waals surface area contributed by atoms with E-state index in [9.17, 15) is 17.2 Å². The number of hydrogen-bond donors (Lipinski definition) is 0. The topological polar surface area (TPSA) is 43.4 Å². The van der Waals surface area contributed by atoms with Gasteiger partial charge in [0.15, 0.2) is 0 Å². The normalized spacial score (nSPS) is 11.9. The molecule has 0 atom stereocenters. The van der Waals surface area contributed by atoms with Crippen molar-refractivity contribution in [2.75, 3.05) is 0 Å². The first kappa shape index (κ1) is 13.8. The molecule has 0 radical (unpaired) electrons. The fraction of sp³-hybridized carbons (Fsp3) is 0.143. The minimum atomic E-state index is -4.24. The Morgan fingerprint density at radius 3 is 2.25 bits per heavy atom. The molecule has 0 heterocycles. The van der Waals surface area contributed by atoms with Crippen molar-refractivity contribution in [3.8, 4) is 5.75 Å². The Hall–Kier alpha value is -0.300. The first-order valence-corrected chi connectivity index (χ1v) is 6.67. The van der Waals surface area contributed by atoms with Crippen molar-refractivity contribution in [1.82, 2.24) is 0 Å². The van der Waals surface area contributed by atoms with Gasteiger partial charge in [-0.2, -0.15) is 8.78 Å². The van der Waals surface area contributed by atoms with Crippen LogP contribution in [0.5, 0.6) is 5.75 Å². The van der Waals surface area contributed by atoms with Gasteiger partial charge in [-0.1, -0.05) is 23.2 Å². The van der Waals surface area contributed by atoms with Crippen LogP contribution in [0.2, 0.25) is 10.0 Å². The maximum Gasteiger partial charge on any atom is 0.387 e. The van der Waals surface area contributed by atoms with Gasteiger partial charge in [0.05, 0.1) is 5.02 Å². The molecule has 0 amide bonds. The van der Waals surface area contributed by atoms with Crippen molar-refractivity contribution >= 4 is 42.9 Å². The summed E-state index contributed by atoms with van der Waals surface area (Å²) in [5, 5.41) is -0.857. The lowest BCUT2D eigenvalue weighted by Gasteiger charge is -2.09. The molecule has 16 heavy (non-hydrogen) atoms. The minimum absolute atomic E-state index is 0.276. The summed E-state index contributed by atoms with van der Waals surface area (Å²) in [6.45, 7) is -3.13. The van der Waals surface area contributed by atoms with Crippen LogP contribution < -0.4 is 4.74 Å². The maximum absolute atomic E-state index is 11.9. The molecule has 1 rings (SSSR count). The van der Waals surface area contributed by atoms with Crippen molar-refractivity contribution in [2.45, 2.75) is 11.5 Å². The molecular weight excluding hydrogens is 308 g/mol. The third-order valence-electron chi connectivity index (χ3n) is 1.47. The van der Waals surface area contributed by atoms with E-state index in [-0.39, 0.29) is 5.02 Å². The SMILES string of the molecule is O=S(=O)(Cl)c1c(Cl)ccc(OC(F)F)c1Cl. The van der Waals surface area contributed by atoms with E-state index in [0.29, 0.717) is 0 Å². The summed E-state index contributed by atoms with van der Waals surface area (Å²) in [7, 11) is 0.799. The van der Waals surface area contributed by atoms with Gasteiger partial charge in [0.25, 0.3) is 9.05 Å². The molecule has 90 valence electrons. The summed E-state index contributed by atoms with van der Waals surface area (Å²) in [6.07, 6.45) is 0. The molecule has 1 aromatic carbocycles. The highest BCUT2D eigenvalue weighted by Gasteiger charge is 2.23. The van der Waals surface area contributed by atoms with E-state index in [2.05, 4.69) is 4.74 Å². The van der Waals surface area contributed by atoms with Crippen molar-refractivity contribution in [3.05, 3.63) is 22.2 Å². The number of halogens is 5. The Balaban J connectivity index is 3.39. The molecule has 0 aromatic heterocycles. The van der Waals surface area contributed by atoms with Gasteiger partial charge in [0.1, 0.15) is 15.7 Å². The predicted molar refractivity (Wildman–Crippen MR) is 56.1 cm³/mol. The quantitative estimate of drug-likeness (QED) is 0.802. The zero-order chi connectivity index (χ0) is 12.5. The number of hydrogen-bond acceptors (Lipinski definition) is 3. The van der Waals surface area contributed by atoms with Gasteiger partial charge in [-0.05, 0) is 12.1 Å². The van der Waals surface area contributed by atoms with Gasteiger partial charge >= 0.3 is 6.61 Å². The van der Waals surface area contributed by atoms with Crippen molar-refractivity contribution < 1.29 is 21.9 Å². The molecule has 1 aromatic rings. The molecule has 0 aliphatic heterocycles. The first-order chi connectivity index (χ1) is 7.23. The number of benzene rings is 1. The van der Waals surface area contributed by atoms with Crippen LogP contribution in [-0.2, 0) is 9.05 Å². The summed E-state index contributed by atoms with van der Waals surface area (Å²) < 4.78 is 50.0. The Bertz CT molecular complexity index is 504. The summed E-state index contributed by atoms with van der Waals surface area (Å²) in [6, 6.07) is 2.06. The van der Waals surface area contributed by atoms with E-state index in [0.717, 1.165) is 12.1 Å². The Morgan fingerprint density at radius 2 is 1.81 bits per heavy atom. The van der Waals surface area contributed by atoms with Crippen molar-refractivity contribution in [1.29, 1.82) is 0 Å². The van der Waals surface area contributed by atoms with Crippen LogP contribution in [0.3, 0.4) is 0 Å². The number of alkyl halides is 2. The van der Waals surface area contributed by atoms with E-state index in [1.165, 1.54) is 0 Å². The number of ether oxygens (including phenoxy) is 1. The van der Waals surface area contributed by atoms with E-state index in [4.69, 9.17) is 33.9 Å². The summed E-state index contributed by atoms with van der Waals surface area (Å²) in [4.78, 5) is -0.657. The smallest absolute Gasteiger partial charge is 0.387 e. The lowest BCUT2D eigenvalue weighted by molar-refractivity contribution is -0.0499. The van der Waals surface area contributed by atoms with Crippen LogP contribution in [0.25, 0.3) is 0 Å². The molecule has 0 N–H and O–H groups in total. The average Bonchev–Trinajstić information content (AvgIpc) is 2.07. The molecule has 0 spiro atoms.